The molecule has 0 saturated heterocycles. The van der Waals surface area contributed by atoms with Crippen LogP contribution in [0.5, 0.6) is 0 Å². The Morgan fingerprint density at radius 1 is 0.875 bits per heavy atom. The lowest BCUT2D eigenvalue weighted by molar-refractivity contribution is 1.14. The van der Waals surface area contributed by atoms with Gasteiger partial charge in [0.25, 0.3) is 0 Å². The van der Waals surface area contributed by atoms with E-state index < -0.39 is 0 Å². The van der Waals surface area contributed by atoms with Gasteiger partial charge in [-0.05, 0) is 24.3 Å². The van der Waals surface area contributed by atoms with Crippen LogP contribution in [0.25, 0.3) is 20.2 Å². The number of fused-ring (bicyclic) bond motifs is 3. The van der Waals surface area contributed by atoms with Gasteiger partial charge in [0.2, 0.25) is 0 Å². The number of thiophene rings is 1. The van der Waals surface area contributed by atoms with Crippen LogP contribution >= 0.6 is 11.3 Å². The van der Waals surface area contributed by atoms with Crippen molar-refractivity contribution in [2.24, 2.45) is 0 Å². The van der Waals surface area contributed by atoms with Crippen molar-refractivity contribution in [3.05, 3.63) is 42.5 Å². The van der Waals surface area contributed by atoms with E-state index >= 15 is 0 Å². The molecule has 0 spiro atoms. The molecule has 0 atom stereocenters. The Labute approximate surface area is 98.9 Å². The Morgan fingerprint density at radius 2 is 1.62 bits per heavy atom. The van der Waals surface area contributed by atoms with Crippen LogP contribution in [0.2, 0.25) is 0 Å². The van der Waals surface area contributed by atoms with Crippen molar-refractivity contribution in [1.82, 2.24) is 0 Å². The molecule has 1 heterocycles. The number of nitrogens with zero attached hydrogens (tertiary/aromatic N) is 1. The highest BCUT2D eigenvalue weighted by Gasteiger charge is 2.05. The minimum absolute atomic E-state index is 1.26. The first kappa shape index (κ1) is 9.67. The molecular weight excluding hydrogens is 214 g/mol. The van der Waals surface area contributed by atoms with Gasteiger partial charge in [0.1, 0.15) is 0 Å². The fraction of sp³-hybridized carbons (Fsp3) is 0.143. The van der Waals surface area contributed by atoms with Crippen molar-refractivity contribution >= 4 is 37.2 Å². The van der Waals surface area contributed by atoms with E-state index in [1.165, 1.54) is 25.9 Å². The quantitative estimate of drug-likeness (QED) is 0.604. The van der Waals surface area contributed by atoms with Gasteiger partial charge in [0, 0.05) is 40.0 Å². The lowest BCUT2D eigenvalue weighted by atomic mass is 10.1. The molecule has 1 nitrogen and oxygen atoms in total. The lowest BCUT2D eigenvalue weighted by Gasteiger charge is -2.11. The third kappa shape index (κ3) is 1.38. The summed E-state index contributed by atoms with van der Waals surface area (Å²) < 4.78 is 2.74. The van der Waals surface area contributed by atoms with E-state index in [0.29, 0.717) is 0 Å². The standard InChI is InChI=1S/C14H13NS/c1-15(2)10-7-8-14-12(9-10)11-5-3-4-6-13(11)16-14/h3-9H,1-2H3. The monoisotopic (exact) mass is 227 g/mol. The van der Waals surface area contributed by atoms with Gasteiger partial charge in [-0.25, -0.2) is 0 Å². The van der Waals surface area contributed by atoms with Crippen LogP contribution in [-0.4, -0.2) is 14.1 Å². The van der Waals surface area contributed by atoms with Crippen LogP contribution < -0.4 is 4.90 Å². The molecule has 1 aromatic heterocycles. The molecular formula is C14H13NS. The zero-order valence-corrected chi connectivity index (χ0v) is 10.2. The minimum Gasteiger partial charge on any atom is -0.378 e. The summed E-state index contributed by atoms with van der Waals surface area (Å²) in [6, 6.07) is 15.3. The van der Waals surface area contributed by atoms with Crippen molar-refractivity contribution < 1.29 is 0 Å². The maximum absolute atomic E-state index is 2.27. The maximum Gasteiger partial charge on any atom is 0.0368 e. The molecule has 0 radical (unpaired) electrons. The van der Waals surface area contributed by atoms with E-state index in [4.69, 9.17) is 0 Å². The van der Waals surface area contributed by atoms with Crippen molar-refractivity contribution in [2.45, 2.75) is 0 Å². The highest BCUT2D eigenvalue weighted by Crippen LogP contribution is 2.35. The molecule has 2 heteroatoms. The predicted octanol–water partition coefficient (Wildman–Crippen LogP) is 4.12. The highest BCUT2D eigenvalue weighted by molar-refractivity contribution is 7.25. The Kier molecular flexibility index (Phi) is 2.11. The normalized spacial score (nSPS) is 11.1. The van der Waals surface area contributed by atoms with Crippen molar-refractivity contribution in [3.63, 3.8) is 0 Å². The average molecular weight is 227 g/mol. The van der Waals surface area contributed by atoms with Gasteiger partial charge >= 0.3 is 0 Å². The van der Waals surface area contributed by atoms with Crippen molar-refractivity contribution in [2.75, 3.05) is 19.0 Å². The summed E-state index contributed by atoms with van der Waals surface area (Å²) in [7, 11) is 4.16. The summed E-state index contributed by atoms with van der Waals surface area (Å²) in [6.45, 7) is 0. The Hall–Kier alpha value is -1.54. The lowest BCUT2D eigenvalue weighted by Crippen LogP contribution is -2.07. The van der Waals surface area contributed by atoms with E-state index in [2.05, 4.69) is 61.5 Å². The van der Waals surface area contributed by atoms with Gasteiger partial charge in [-0.15, -0.1) is 11.3 Å². The fourth-order valence-electron chi connectivity index (χ4n) is 1.99. The van der Waals surface area contributed by atoms with Crippen LogP contribution in [0.4, 0.5) is 5.69 Å². The zero-order chi connectivity index (χ0) is 11.1. The number of rotatable bonds is 1. The van der Waals surface area contributed by atoms with Crippen LogP contribution in [0.3, 0.4) is 0 Å². The number of anilines is 1. The van der Waals surface area contributed by atoms with Gasteiger partial charge < -0.3 is 4.90 Å². The van der Waals surface area contributed by atoms with Crippen molar-refractivity contribution in [1.29, 1.82) is 0 Å². The highest BCUT2D eigenvalue weighted by atomic mass is 32.1. The fourth-order valence-corrected chi connectivity index (χ4v) is 3.08. The van der Waals surface area contributed by atoms with Gasteiger partial charge in [-0.2, -0.15) is 0 Å². The van der Waals surface area contributed by atoms with Gasteiger partial charge in [0.05, 0.1) is 0 Å². The SMILES string of the molecule is CN(C)c1ccc2sc3ccccc3c2c1. The van der Waals surface area contributed by atoms with Crippen molar-refractivity contribution in [3.8, 4) is 0 Å². The summed E-state index contributed by atoms with van der Waals surface area (Å²) in [6.07, 6.45) is 0. The van der Waals surface area contributed by atoms with Gasteiger partial charge in [-0.1, -0.05) is 18.2 Å². The molecule has 0 aliphatic carbocycles. The number of benzene rings is 2. The average Bonchev–Trinajstić information content (AvgIpc) is 2.66. The first-order valence-electron chi connectivity index (χ1n) is 5.34. The van der Waals surface area contributed by atoms with E-state index in [1.54, 1.807) is 0 Å². The summed E-state index contributed by atoms with van der Waals surface area (Å²) in [5.41, 5.74) is 1.26. The molecule has 3 rings (SSSR count). The van der Waals surface area contributed by atoms with E-state index in [1.807, 2.05) is 11.3 Å². The summed E-state index contributed by atoms with van der Waals surface area (Å²) in [5, 5.41) is 2.73. The summed E-state index contributed by atoms with van der Waals surface area (Å²) in [5.74, 6) is 0. The molecule has 0 saturated carbocycles. The Balaban J connectivity index is 2.40. The largest absolute Gasteiger partial charge is 0.378 e. The molecule has 3 aromatic rings. The molecule has 80 valence electrons. The summed E-state index contributed by atoms with van der Waals surface area (Å²) in [4.78, 5) is 2.14. The van der Waals surface area contributed by atoms with Crippen LogP contribution in [0.15, 0.2) is 42.5 Å². The van der Waals surface area contributed by atoms with Crippen LogP contribution in [0.1, 0.15) is 0 Å². The van der Waals surface area contributed by atoms with E-state index in [-0.39, 0.29) is 0 Å². The molecule has 16 heavy (non-hydrogen) atoms. The predicted molar refractivity (Wildman–Crippen MR) is 73.7 cm³/mol. The molecule has 0 aliphatic heterocycles. The molecule has 0 aliphatic rings. The van der Waals surface area contributed by atoms with Gasteiger partial charge in [0.15, 0.2) is 0 Å². The first-order chi connectivity index (χ1) is 7.75. The smallest absolute Gasteiger partial charge is 0.0368 e. The van der Waals surface area contributed by atoms with Crippen LogP contribution in [-0.2, 0) is 0 Å². The minimum atomic E-state index is 1.26. The maximum atomic E-state index is 2.27. The first-order valence-corrected chi connectivity index (χ1v) is 6.16. The molecule has 0 amide bonds. The number of hydrogen-bond acceptors (Lipinski definition) is 2. The Morgan fingerprint density at radius 3 is 2.44 bits per heavy atom. The van der Waals surface area contributed by atoms with E-state index in [9.17, 15) is 0 Å². The number of hydrogen-bond donors (Lipinski definition) is 0. The third-order valence-corrected chi connectivity index (χ3v) is 4.03. The van der Waals surface area contributed by atoms with Crippen LogP contribution in [0, 0.1) is 0 Å². The molecule has 0 N–H and O–H groups in total. The second-order valence-electron chi connectivity index (χ2n) is 4.17. The second kappa shape index (κ2) is 3.49. The summed E-state index contributed by atoms with van der Waals surface area (Å²) >= 11 is 1.86. The third-order valence-electron chi connectivity index (χ3n) is 2.88. The molecule has 0 bridgehead atoms. The van der Waals surface area contributed by atoms with E-state index in [0.717, 1.165) is 0 Å². The van der Waals surface area contributed by atoms with Gasteiger partial charge in [-0.3, -0.25) is 0 Å². The second-order valence-corrected chi connectivity index (χ2v) is 5.26. The Bertz CT molecular complexity index is 652. The zero-order valence-electron chi connectivity index (χ0n) is 9.40. The molecule has 0 unspecified atom stereocenters. The topological polar surface area (TPSA) is 3.24 Å². The molecule has 2 aromatic carbocycles. The molecule has 0 fully saturated rings.